The van der Waals surface area contributed by atoms with Crippen molar-refractivity contribution in [1.82, 2.24) is 5.32 Å². The minimum absolute atomic E-state index is 0.220. The molecule has 14 heteroatoms. The highest BCUT2D eigenvalue weighted by atomic mass is 19.4. The monoisotopic (exact) mass is 482 g/mol. The normalized spacial score (nSPS) is 10.2. The van der Waals surface area contributed by atoms with Gasteiger partial charge in [-0.05, 0) is 26.0 Å². The fraction of sp³-hybridized carbons (Fsp3) is 0.474. The molecule has 1 aromatic rings. The minimum atomic E-state index is -5.08. The first-order valence-electron chi connectivity index (χ1n) is 9.44. The lowest BCUT2D eigenvalue weighted by Gasteiger charge is -2.12. The van der Waals surface area contributed by atoms with E-state index in [2.05, 4.69) is 5.32 Å². The van der Waals surface area contributed by atoms with E-state index in [1.807, 2.05) is 0 Å². The number of carboxylic acids is 1. The van der Waals surface area contributed by atoms with Crippen LogP contribution >= 0.6 is 0 Å². The van der Waals surface area contributed by atoms with Crippen LogP contribution in [0.25, 0.3) is 0 Å². The molecule has 1 aromatic carbocycles. The fourth-order valence-corrected chi connectivity index (χ4v) is 1.85. The number of nitrogens with two attached hydrogens (primary N) is 1. The number of benzene rings is 1. The van der Waals surface area contributed by atoms with E-state index >= 15 is 0 Å². The molecule has 1 rings (SSSR count). The molecule has 0 aliphatic carbocycles. The van der Waals surface area contributed by atoms with Crippen molar-refractivity contribution in [3.63, 3.8) is 0 Å². The SMILES string of the molecule is CCOC(=O)COc1cc(OCC(=O)OCC)cc(C(=O)NCCN)c1.O=C(O)C(F)(F)F. The third-order valence-electron chi connectivity index (χ3n) is 3.14. The summed E-state index contributed by atoms with van der Waals surface area (Å²) in [7, 11) is 0. The molecule has 11 nitrogen and oxygen atoms in total. The number of alkyl halides is 3. The van der Waals surface area contributed by atoms with E-state index in [9.17, 15) is 27.6 Å². The molecule has 0 spiro atoms. The quantitative estimate of drug-likeness (QED) is 0.386. The first-order chi connectivity index (χ1) is 15.4. The lowest BCUT2D eigenvalue weighted by atomic mass is 10.2. The summed E-state index contributed by atoms with van der Waals surface area (Å²) in [5.41, 5.74) is 5.60. The molecule has 0 radical (unpaired) electrons. The van der Waals surface area contributed by atoms with Gasteiger partial charge in [-0.1, -0.05) is 0 Å². The van der Waals surface area contributed by atoms with Gasteiger partial charge in [-0.15, -0.1) is 0 Å². The largest absolute Gasteiger partial charge is 0.490 e. The number of carboxylic acid groups (broad SMARTS) is 1. The van der Waals surface area contributed by atoms with Gasteiger partial charge < -0.3 is 35.1 Å². The van der Waals surface area contributed by atoms with Crippen LogP contribution in [0.1, 0.15) is 24.2 Å². The van der Waals surface area contributed by atoms with Crippen molar-refractivity contribution in [2.75, 3.05) is 39.5 Å². The number of rotatable bonds is 11. The maximum absolute atomic E-state index is 12.1. The summed E-state index contributed by atoms with van der Waals surface area (Å²) >= 11 is 0. The molecule has 0 aromatic heterocycles. The molecule has 33 heavy (non-hydrogen) atoms. The minimum Gasteiger partial charge on any atom is -0.482 e. The van der Waals surface area contributed by atoms with Crippen molar-refractivity contribution < 1.29 is 56.4 Å². The number of hydrogen-bond acceptors (Lipinski definition) is 9. The predicted octanol–water partition coefficient (Wildman–Crippen LogP) is 0.892. The average molecular weight is 482 g/mol. The summed E-state index contributed by atoms with van der Waals surface area (Å²) in [5.74, 6) is -3.79. The Morgan fingerprint density at radius 1 is 0.939 bits per heavy atom. The Hall–Kier alpha value is -3.55. The van der Waals surface area contributed by atoms with Crippen molar-refractivity contribution in [2.24, 2.45) is 5.73 Å². The number of aliphatic carboxylic acids is 1. The van der Waals surface area contributed by atoms with Crippen LogP contribution in [0.5, 0.6) is 11.5 Å². The number of ether oxygens (including phenoxy) is 4. The van der Waals surface area contributed by atoms with Crippen LogP contribution in [0.15, 0.2) is 18.2 Å². The van der Waals surface area contributed by atoms with E-state index in [0.29, 0.717) is 6.54 Å². The van der Waals surface area contributed by atoms with Gasteiger partial charge in [-0.3, -0.25) is 4.79 Å². The highest BCUT2D eigenvalue weighted by Gasteiger charge is 2.38. The Kier molecular flexibility index (Phi) is 13.6. The van der Waals surface area contributed by atoms with Gasteiger partial charge in [0.2, 0.25) is 0 Å². The van der Waals surface area contributed by atoms with Gasteiger partial charge in [0.1, 0.15) is 11.5 Å². The molecular weight excluding hydrogens is 457 g/mol. The van der Waals surface area contributed by atoms with Gasteiger partial charge in [0.05, 0.1) is 13.2 Å². The molecule has 4 N–H and O–H groups in total. The van der Waals surface area contributed by atoms with E-state index in [-0.39, 0.29) is 50.0 Å². The molecular formula is C19H25F3N2O9. The molecule has 0 fully saturated rings. The molecule has 0 aliphatic heterocycles. The molecule has 0 atom stereocenters. The van der Waals surface area contributed by atoms with Crippen molar-refractivity contribution in [2.45, 2.75) is 20.0 Å². The van der Waals surface area contributed by atoms with E-state index in [1.165, 1.54) is 18.2 Å². The highest BCUT2D eigenvalue weighted by Crippen LogP contribution is 2.23. The Balaban J connectivity index is 0.00000126. The van der Waals surface area contributed by atoms with Crippen LogP contribution in [0, 0.1) is 0 Å². The maximum atomic E-state index is 12.1. The first-order valence-corrected chi connectivity index (χ1v) is 9.44. The number of hydrogen-bond donors (Lipinski definition) is 3. The second-order valence-corrected chi connectivity index (χ2v) is 5.73. The second-order valence-electron chi connectivity index (χ2n) is 5.73. The number of halogens is 3. The number of esters is 2. The summed E-state index contributed by atoms with van der Waals surface area (Å²) in [6.07, 6.45) is -5.08. The Bertz CT molecular complexity index is 761. The topological polar surface area (TPSA) is 163 Å². The second kappa shape index (κ2) is 15.3. The summed E-state index contributed by atoms with van der Waals surface area (Å²) in [4.78, 5) is 43.9. The van der Waals surface area contributed by atoms with Gasteiger partial charge >= 0.3 is 24.1 Å². The van der Waals surface area contributed by atoms with Crippen LogP contribution in [-0.4, -0.2) is 74.6 Å². The van der Waals surface area contributed by atoms with Crippen molar-refractivity contribution >= 4 is 23.8 Å². The number of nitrogens with one attached hydrogen (secondary N) is 1. The van der Waals surface area contributed by atoms with Gasteiger partial charge in [0.15, 0.2) is 13.2 Å². The Labute approximate surface area is 186 Å². The average Bonchev–Trinajstić information content (AvgIpc) is 2.74. The zero-order valence-electron chi connectivity index (χ0n) is 17.9. The molecule has 0 unspecified atom stereocenters. The van der Waals surface area contributed by atoms with Gasteiger partial charge in [0, 0.05) is 24.7 Å². The highest BCUT2D eigenvalue weighted by molar-refractivity contribution is 5.95. The van der Waals surface area contributed by atoms with Gasteiger partial charge in [-0.2, -0.15) is 13.2 Å². The maximum Gasteiger partial charge on any atom is 0.490 e. The molecule has 186 valence electrons. The van der Waals surface area contributed by atoms with Crippen LogP contribution in [-0.2, 0) is 23.9 Å². The standard InChI is InChI=1S/C17H24N2O7.C2HF3O2/c1-3-23-15(20)10-25-13-7-12(17(22)19-6-5-18)8-14(9-13)26-11-16(21)24-4-2;3-2(4,5)1(6)7/h7-9H,3-6,10-11,18H2,1-2H3,(H,19,22);(H,6,7). The first kappa shape index (κ1) is 29.5. The van der Waals surface area contributed by atoms with E-state index in [1.54, 1.807) is 13.8 Å². The molecule has 0 saturated heterocycles. The van der Waals surface area contributed by atoms with E-state index in [0.717, 1.165) is 0 Å². The molecule has 0 aliphatic rings. The lowest BCUT2D eigenvalue weighted by Crippen LogP contribution is -2.29. The van der Waals surface area contributed by atoms with Crippen LogP contribution < -0.4 is 20.5 Å². The third kappa shape index (κ3) is 13.5. The number of carbonyl (C=O) groups excluding carboxylic acids is 3. The zero-order valence-corrected chi connectivity index (χ0v) is 17.9. The Morgan fingerprint density at radius 2 is 1.36 bits per heavy atom. The van der Waals surface area contributed by atoms with E-state index in [4.69, 9.17) is 34.6 Å². The van der Waals surface area contributed by atoms with Crippen LogP contribution in [0.2, 0.25) is 0 Å². The van der Waals surface area contributed by atoms with Gasteiger partial charge in [0.25, 0.3) is 5.91 Å². The van der Waals surface area contributed by atoms with E-state index < -0.39 is 30.0 Å². The van der Waals surface area contributed by atoms with Crippen molar-refractivity contribution in [3.05, 3.63) is 23.8 Å². The lowest BCUT2D eigenvalue weighted by molar-refractivity contribution is -0.192. The molecule has 1 amide bonds. The third-order valence-corrected chi connectivity index (χ3v) is 3.14. The van der Waals surface area contributed by atoms with Crippen LogP contribution in [0.4, 0.5) is 13.2 Å². The molecule has 0 heterocycles. The zero-order chi connectivity index (χ0) is 25.4. The number of carbonyl (C=O) groups is 4. The summed E-state index contributed by atoms with van der Waals surface area (Å²) in [5, 5.41) is 9.74. The summed E-state index contributed by atoms with van der Waals surface area (Å²) < 4.78 is 52.0. The van der Waals surface area contributed by atoms with Crippen molar-refractivity contribution in [3.8, 4) is 11.5 Å². The van der Waals surface area contributed by atoms with Crippen molar-refractivity contribution in [1.29, 1.82) is 0 Å². The summed E-state index contributed by atoms with van der Waals surface area (Å²) in [6, 6.07) is 4.35. The fourth-order valence-electron chi connectivity index (χ4n) is 1.85. The smallest absolute Gasteiger partial charge is 0.482 e. The van der Waals surface area contributed by atoms with Gasteiger partial charge in [-0.25, -0.2) is 14.4 Å². The van der Waals surface area contributed by atoms with Crippen LogP contribution in [0.3, 0.4) is 0 Å². The molecule has 0 bridgehead atoms. The predicted molar refractivity (Wildman–Crippen MR) is 106 cm³/mol. The molecule has 0 saturated carbocycles. The Morgan fingerprint density at radius 3 is 1.70 bits per heavy atom. The summed E-state index contributed by atoms with van der Waals surface area (Å²) in [6.45, 7) is 3.78. The number of amides is 1.